The van der Waals surface area contributed by atoms with Crippen LogP contribution in [0.1, 0.15) is 5.56 Å². The number of hydrazone groups is 1. The lowest BCUT2D eigenvalue weighted by Crippen LogP contribution is -2.38. The van der Waals surface area contributed by atoms with E-state index in [1.807, 2.05) is 0 Å². The predicted molar refractivity (Wildman–Crippen MR) is 51.9 cm³/mol. The van der Waals surface area contributed by atoms with E-state index in [1.165, 1.54) is 6.07 Å². The molecular weight excluding hydrogens is 199 g/mol. The fraction of sp³-hybridized carbons (Fsp3) is 0.200. The third kappa shape index (κ3) is 1.96. The van der Waals surface area contributed by atoms with Crippen LogP contribution in [-0.2, 0) is 9.53 Å². The largest absolute Gasteiger partial charge is 0.473 e. The maximum Gasteiger partial charge on any atom is 0.241 e. The van der Waals surface area contributed by atoms with Crippen molar-refractivity contribution in [1.29, 1.82) is 0 Å². The molecule has 0 fully saturated rings. The average Bonchev–Trinajstić information content (AvgIpc) is 2.30. The van der Waals surface area contributed by atoms with Gasteiger partial charge in [-0.15, -0.1) is 5.10 Å². The minimum Gasteiger partial charge on any atom is -0.473 e. The van der Waals surface area contributed by atoms with Gasteiger partial charge in [-0.25, -0.2) is 4.39 Å². The zero-order valence-corrected chi connectivity index (χ0v) is 7.81. The number of halogens is 1. The third-order valence-electron chi connectivity index (χ3n) is 2.00. The Labute approximate surface area is 85.7 Å². The molecule has 15 heavy (non-hydrogen) atoms. The Hall–Kier alpha value is -1.91. The molecular formula is C10H9FN2O2. The molecule has 1 heterocycles. The third-order valence-corrected chi connectivity index (χ3v) is 2.00. The second kappa shape index (κ2) is 4.08. The van der Waals surface area contributed by atoms with E-state index in [0.29, 0.717) is 6.29 Å². The second-order valence-corrected chi connectivity index (χ2v) is 3.08. The molecule has 1 aliphatic heterocycles. The highest BCUT2D eigenvalue weighted by molar-refractivity contribution is 5.94. The quantitative estimate of drug-likeness (QED) is 0.727. The number of nitrogens with one attached hydrogen (secondary N) is 1. The van der Waals surface area contributed by atoms with Gasteiger partial charge in [-0.1, -0.05) is 12.1 Å². The predicted octanol–water partition coefficient (Wildman–Crippen LogP) is 0.675. The Bertz CT molecular complexity index is 406. The fourth-order valence-corrected chi connectivity index (χ4v) is 1.22. The molecule has 0 spiro atoms. The van der Waals surface area contributed by atoms with Gasteiger partial charge in [-0.3, -0.25) is 5.43 Å². The number of nitrogens with zero attached hydrogens (tertiary/aromatic N) is 1. The molecule has 0 saturated carbocycles. The summed E-state index contributed by atoms with van der Waals surface area (Å²) in [5, 5.41) is 3.79. The number of carbonyl (C=O) groups excluding carboxylic acids is 1. The topological polar surface area (TPSA) is 50.7 Å². The molecule has 0 amide bonds. The summed E-state index contributed by atoms with van der Waals surface area (Å²) in [7, 11) is 0. The van der Waals surface area contributed by atoms with Gasteiger partial charge in [0.15, 0.2) is 0 Å². The van der Waals surface area contributed by atoms with Gasteiger partial charge >= 0.3 is 0 Å². The molecule has 1 aromatic rings. The van der Waals surface area contributed by atoms with E-state index in [2.05, 4.69) is 10.5 Å². The highest BCUT2D eigenvalue weighted by Gasteiger charge is 2.18. The molecule has 78 valence electrons. The summed E-state index contributed by atoms with van der Waals surface area (Å²) in [6.07, 6.45) is 0.696. The Morgan fingerprint density at radius 3 is 2.93 bits per heavy atom. The summed E-state index contributed by atoms with van der Waals surface area (Å²) in [5.74, 6) is -0.228. The highest BCUT2D eigenvalue weighted by Crippen LogP contribution is 2.10. The minimum atomic E-state index is -0.458. The lowest BCUT2D eigenvalue weighted by atomic mass is 10.2. The Balaban J connectivity index is 2.23. The van der Waals surface area contributed by atoms with Crippen LogP contribution in [0.2, 0.25) is 0 Å². The number of hydrogen-bond donors (Lipinski definition) is 1. The van der Waals surface area contributed by atoms with Crippen LogP contribution in [-0.4, -0.2) is 24.8 Å². The van der Waals surface area contributed by atoms with Gasteiger partial charge in [0.05, 0.1) is 5.56 Å². The molecule has 0 saturated heterocycles. The molecule has 5 heteroatoms. The molecule has 4 nitrogen and oxygen atoms in total. The van der Waals surface area contributed by atoms with Crippen LogP contribution in [0.5, 0.6) is 0 Å². The fourth-order valence-electron chi connectivity index (χ4n) is 1.22. The Morgan fingerprint density at radius 1 is 1.53 bits per heavy atom. The molecule has 1 N–H and O–H groups in total. The lowest BCUT2D eigenvalue weighted by molar-refractivity contribution is -0.110. The molecule has 0 radical (unpaired) electrons. The number of rotatable bonds is 2. The molecule has 0 aromatic heterocycles. The highest BCUT2D eigenvalue weighted by atomic mass is 19.1. The van der Waals surface area contributed by atoms with Gasteiger partial charge in [-0.2, -0.15) is 0 Å². The van der Waals surface area contributed by atoms with Crippen molar-refractivity contribution in [3.63, 3.8) is 0 Å². The Kier molecular flexibility index (Phi) is 2.62. The van der Waals surface area contributed by atoms with E-state index in [1.54, 1.807) is 18.2 Å². The minimum absolute atomic E-state index is 0.163. The molecule has 1 unspecified atom stereocenters. The smallest absolute Gasteiger partial charge is 0.241 e. The molecule has 1 atom stereocenters. The Morgan fingerprint density at radius 2 is 2.33 bits per heavy atom. The molecule has 0 bridgehead atoms. The number of benzene rings is 1. The van der Waals surface area contributed by atoms with Crippen LogP contribution in [0.15, 0.2) is 29.4 Å². The van der Waals surface area contributed by atoms with Crippen molar-refractivity contribution in [2.45, 2.75) is 6.04 Å². The van der Waals surface area contributed by atoms with Gasteiger partial charge in [0.1, 0.15) is 24.8 Å². The van der Waals surface area contributed by atoms with Gasteiger partial charge < -0.3 is 9.53 Å². The standard InChI is InChI=1S/C10H9FN2O2/c11-9-4-2-1-3-8(9)10-13-12-7(5-14)6-15-10/h1-5,7,12H,6H2. The van der Waals surface area contributed by atoms with E-state index >= 15 is 0 Å². The first-order valence-corrected chi connectivity index (χ1v) is 4.47. The van der Waals surface area contributed by atoms with Gasteiger partial charge in [0.2, 0.25) is 5.90 Å². The van der Waals surface area contributed by atoms with Crippen LogP contribution >= 0.6 is 0 Å². The average molecular weight is 208 g/mol. The molecule has 1 aromatic carbocycles. The molecule has 0 aliphatic carbocycles. The molecule has 1 aliphatic rings. The number of carbonyl (C=O) groups is 1. The van der Waals surface area contributed by atoms with Crippen molar-refractivity contribution in [3.8, 4) is 0 Å². The lowest BCUT2D eigenvalue weighted by Gasteiger charge is -2.19. The first-order valence-electron chi connectivity index (χ1n) is 4.47. The van der Waals surface area contributed by atoms with Crippen molar-refractivity contribution in [2.75, 3.05) is 6.61 Å². The van der Waals surface area contributed by atoms with Gasteiger partial charge in [0, 0.05) is 0 Å². The van der Waals surface area contributed by atoms with Crippen LogP contribution < -0.4 is 5.43 Å². The van der Waals surface area contributed by atoms with Crippen molar-refractivity contribution in [3.05, 3.63) is 35.6 Å². The van der Waals surface area contributed by atoms with E-state index < -0.39 is 11.9 Å². The van der Waals surface area contributed by atoms with Crippen molar-refractivity contribution in [2.24, 2.45) is 5.10 Å². The number of aldehydes is 1. The summed E-state index contributed by atoms with van der Waals surface area (Å²) < 4.78 is 18.5. The summed E-state index contributed by atoms with van der Waals surface area (Å²) >= 11 is 0. The van der Waals surface area contributed by atoms with Crippen molar-refractivity contribution in [1.82, 2.24) is 5.43 Å². The van der Waals surface area contributed by atoms with Crippen molar-refractivity contribution >= 4 is 12.2 Å². The first-order chi connectivity index (χ1) is 7.31. The van der Waals surface area contributed by atoms with E-state index in [0.717, 1.165) is 0 Å². The van der Waals surface area contributed by atoms with E-state index in [9.17, 15) is 9.18 Å². The SMILES string of the molecule is O=CC1COC(c2ccccc2F)=NN1. The first kappa shape index (κ1) is 9.64. The zero-order chi connectivity index (χ0) is 10.7. The number of ether oxygens (including phenoxy) is 1. The maximum absolute atomic E-state index is 13.3. The van der Waals surface area contributed by atoms with Crippen LogP contribution in [0, 0.1) is 5.82 Å². The van der Waals surface area contributed by atoms with E-state index in [4.69, 9.17) is 4.74 Å². The maximum atomic E-state index is 13.3. The summed E-state index contributed by atoms with van der Waals surface area (Å²) in [5.41, 5.74) is 2.86. The normalized spacial score (nSPS) is 19.8. The van der Waals surface area contributed by atoms with Crippen LogP contribution in [0.25, 0.3) is 0 Å². The summed E-state index contributed by atoms with van der Waals surface area (Å²) in [4.78, 5) is 10.4. The molecule has 2 rings (SSSR count). The number of hydrogen-bond acceptors (Lipinski definition) is 4. The summed E-state index contributed by atoms with van der Waals surface area (Å²) in [6.45, 7) is 0.163. The van der Waals surface area contributed by atoms with Crippen LogP contribution in [0.4, 0.5) is 4.39 Å². The van der Waals surface area contributed by atoms with Gasteiger partial charge in [0.25, 0.3) is 0 Å². The van der Waals surface area contributed by atoms with E-state index in [-0.39, 0.29) is 18.1 Å². The second-order valence-electron chi connectivity index (χ2n) is 3.08. The van der Waals surface area contributed by atoms with Gasteiger partial charge in [-0.05, 0) is 12.1 Å². The zero-order valence-electron chi connectivity index (χ0n) is 7.81. The van der Waals surface area contributed by atoms with Crippen molar-refractivity contribution < 1.29 is 13.9 Å². The monoisotopic (exact) mass is 208 g/mol. The van der Waals surface area contributed by atoms with Crippen LogP contribution in [0.3, 0.4) is 0 Å². The summed E-state index contributed by atoms with van der Waals surface area (Å²) in [6, 6.07) is 5.71.